The minimum atomic E-state index is -1.04. The number of anilines is 1. The SMILES string of the molecule is C[C@@H](OC(=O)c1ccccc1-c1ccccc1C#N)C(=O)Nc1ccccc1Cl. The minimum absolute atomic E-state index is 0.271. The highest BCUT2D eigenvalue weighted by molar-refractivity contribution is 6.33. The molecule has 6 heteroatoms. The number of halogens is 1. The van der Waals surface area contributed by atoms with Crippen molar-refractivity contribution >= 4 is 29.2 Å². The summed E-state index contributed by atoms with van der Waals surface area (Å²) in [5.74, 6) is -1.16. The number of hydrogen-bond donors (Lipinski definition) is 1. The molecule has 0 aliphatic carbocycles. The summed E-state index contributed by atoms with van der Waals surface area (Å²) in [5, 5.41) is 12.4. The number of carbonyl (C=O) groups is 2. The Bertz CT molecular complexity index is 1110. The lowest BCUT2D eigenvalue weighted by atomic mass is 9.96. The van der Waals surface area contributed by atoms with E-state index < -0.39 is 18.0 Å². The van der Waals surface area contributed by atoms with Gasteiger partial charge < -0.3 is 10.1 Å². The van der Waals surface area contributed by atoms with Crippen molar-refractivity contribution < 1.29 is 14.3 Å². The first-order valence-electron chi connectivity index (χ1n) is 8.86. The third-order valence-electron chi connectivity index (χ3n) is 4.27. The molecule has 0 radical (unpaired) electrons. The molecule has 0 bridgehead atoms. The maximum absolute atomic E-state index is 12.8. The highest BCUT2D eigenvalue weighted by Gasteiger charge is 2.22. The number of nitriles is 1. The third kappa shape index (κ3) is 4.63. The molecule has 144 valence electrons. The number of benzene rings is 3. The van der Waals surface area contributed by atoms with Gasteiger partial charge in [-0.2, -0.15) is 5.26 Å². The Morgan fingerprint density at radius 3 is 2.31 bits per heavy atom. The number of ether oxygens (including phenoxy) is 1. The van der Waals surface area contributed by atoms with Gasteiger partial charge in [0.2, 0.25) is 0 Å². The van der Waals surface area contributed by atoms with Crippen LogP contribution in [0.5, 0.6) is 0 Å². The Labute approximate surface area is 173 Å². The first-order valence-corrected chi connectivity index (χ1v) is 9.24. The lowest BCUT2D eigenvalue weighted by Gasteiger charge is -2.16. The van der Waals surface area contributed by atoms with Gasteiger partial charge in [-0.25, -0.2) is 4.79 Å². The number of amides is 1. The van der Waals surface area contributed by atoms with Gasteiger partial charge in [-0.1, -0.05) is 60.1 Å². The fourth-order valence-electron chi connectivity index (χ4n) is 2.79. The van der Waals surface area contributed by atoms with E-state index in [1.54, 1.807) is 72.8 Å². The summed E-state index contributed by atoms with van der Waals surface area (Å²) in [5.41, 5.74) is 2.33. The second-order valence-corrected chi connectivity index (χ2v) is 6.63. The number of esters is 1. The van der Waals surface area contributed by atoms with Crippen LogP contribution in [-0.2, 0) is 9.53 Å². The summed E-state index contributed by atoms with van der Waals surface area (Å²) in [6, 6.07) is 22.7. The van der Waals surface area contributed by atoms with Crippen molar-refractivity contribution in [2.45, 2.75) is 13.0 Å². The third-order valence-corrected chi connectivity index (χ3v) is 4.60. The van der Waals surface area contributed by atoms with Gasteiger partial charge in [0.1, 0.15) is 0 Å². The first kappa shape index (κ1) is 20.1. The van der Waals surface area contributed by atoms with Crippen LogP contribution in [0.2, 0.25) is 5.02 Å². The van der Waals surface area contributed by atoms with E-state index in [1.165, 1.54) is 6.92 Å². The van der Waals surface area contributed by atoms with E-state index in [1.807, 2.05) is 0 Å². The van der Waals surface area contributed by atoms with Crippen molar-refractivity contribution in [1.29, 1.82) is 5.26 Å². The quantitative estimate of drug-likeness (QED) is 0.602. The lowest BCUT2D eigenvalue weighted by Crippen LogP contribution is -2.30. The lowest BCUT2D eigenvalue weighted by molar-refractivity contribution is -0.123. The van der Waals surface area contributed by atoms with Crippen LogP contribution in [0.25, 0.3) is 11.1 Å². The summed E-state index contributed by atoms with van der Waals surface area (Å²) in [7, 11) is 0. The van der Waals surface area contributed by atoms with Crippen LogP contribution >= 0.6 is 11.6 Å². The summed E-state index contributed by atoms with van der Waals surface area (Å²) >= 11 is 6.04. The van der Waals surface area contributed by atoms with E-state index in [-0.39, 0.29) is 5.56 Å². The van der Waals surface area contributed by atoms with Crippen molar-refractivity contribution in [3.05, 3.63) is 88.9 Å². The van der Waals surface area contributed by atoms with E-state index in [2.05, 4.69) is 11.4 Å². The van der Waals surface area contributed by atoms with Crippen LogP contribution in [0.1, 0.15) is 22.8 Å². The zero-order valence-electron chi connectivity index (χ0n) is 15.6. The van der Waals surface area contributed by atoms with Gasteiger partial charge in [-0.15, -0.1) is 0 Å². The second-order valence-electron chi connectivity index (χ2n) is 6.22. The van der Waals surface area contributed by atoms with Crippen LogP contribution < -0.4 is 5.32 Å². The first-order chi connectivity index (χ1) is 14.0. The second kappa shape index (κ2) is 9.05. The molecule has 1 amide bonds. The maximum atomic E-state index is 12.8. The standard InChI is InChI=1S/C23H17ClN2O3/c1-15(22(27)26-21-13-7-6-12-20(21)24)29-23(28)19-11-5-4-10-18(19)17-9-3-2-8-16(17)14-25/h2-13,15H,1H3,(H,26,27)/t15-/m1/s1. The van der Waals surface area contributed by atoms with Crippen molar-refractivity contribution in [1.82, 2.24) is 0 Å². The fraction of sp³-hybridized carbons (Fsp3) is 0.0870. The highest BCUT2D eigenvalue weighted by atomic mass is 35.5. The van der Waals surface area contributed by atoms with Gasteiger partial charge >= 0.3 is 5.97 Å². The molecule has 3 aromatic carbocycles. The molecule has 0 spiro atoms. The molecular weight excluding hydrogens is 388 g/mol. The Balaban J connectivity index is 1.80. The van der Waals surface area contributed by atoms with E-state index in [4.69, 9.17) is 16.3 Å². The molecule has 0 saturated heterocycles. The van der Waals surface area contributed by atoms with Crippen LogP contribution in [0, 0.1) is 11.3 Å². The van der Waals surface area contributed by atoms with Crippen LogP contribution in [0.3, 0.4) is 0 Å². The number of carbonyl (C=O) groups excluding carboxylic acids is 2. The van der Waals surface area contributed by atoms with Gasteiger partial charge in [0, 0.05) is 5.56 Å². The number of para-hydroxylation sites is 1. The van der Waals surface area contributed by atoms with E-state index in [9.17, 15) is 14.9 Å². The topological polar surface area (TPSA) is 79.2 Å². The fourth-order valence-corrected chi connectivity index (χ4v) is 2.97. The maximum Gasteiger partial charge on any atom is 0.339 e. The molecule has 5 nitrogen and oxygen atoms in total. The number of hydrogen-bond acceptors (Lipinski definition) is 4. The predicted molar refractivity (Wildman–Crippen MR) is 112 cm³/mol. The summed E-state index contributed by atoms with van der Waals surface area (Å²) < 4.78 is 5.37. The molecule has 0 fully saturated rings. The Kier molecular flexibility index (Phi) is 6.28. The van der Waals surface area contributed by atoms with Gasteiger partial charge in [-0.3, -0.25) is 4.79 Å². The summed E-state index contributed by atoms with van der Waals surface area (Å²) in [6.07, 6.45) is -1.04. The molecule has 0 unspecified atom stereocenters. The molecule has 1 atom stereocenters. The highest BCUT2D eigenvalue weighted by Crippen LogP contribution is 2.28. The smallest absolute Gasteiger partial charge is 0.339 e. The largest absolute Gasteiger partial charge is 0.449 e. The number of nitrogens with one attached hydrogen (secondary N) is 1. The van der Waals surface area contributed by atoms with Gasteiger partial charge in [0.25, 0.3) is 5.91 Å². The van der Waals surface area contributed by atoms with E-state index in [0.717, 1.165) is 0 Å². The monoisotopic (exact) mass is 404 g/mol. The average Bonchev–Trinajstić information content (AvgIpc) is 2.75. The molecule has 3 aromatic rings. The Morgan fingerprint density at radius 2 is 1.59 bits per heavy atom. The number of nitrogens with zero attached hydrogens (tertiary/aromatic N) is 1. The molecular formula is C23H17ClN2O3. The molecule has 0 saturated carbocycles. The zero-order valence-corrected chi connectivity index (χ0v) is 16.3. The summed E-state index contributed by atoms with van der Waals surface area (Å²) in [6.45, 7) is 1.48. The predicted octanol–water partition coefficient (Wildman–Crippen LogP) is 5.06. The van der Waals surface area contributed by atoms with Crippen LogP contribution in [0.15, 0.2) is 72.8 Å². The van der Waals surface area contributed by atoms with Crippen molar-refractivity contribution in [2.75, 3.05) is 5.32 Å². The van der Waals surface area contributed by atoms with Crippen LogP contribution in [-0.4, -0.2) is 18.0 Å². The van der Waals surface area contributed by atoms with Crippen molar-refractivity contribution in [3.8, 4) is 17.2 Å². The van der Waals surface area contributed by atoms with Crippen molar-refractivity contribution in [2.24, 2.45) is 0 Å². The number of rotatable bonds is 5. The Morgan fingerprint density at radius 1 is 0.966 bits per heavy atom. The van der Waals surface area contributed by atoms with E-state index >= 15 is 0 Å². The van der Waals surface area contributed by atoms with E-state index in [0.29, 0.717) is 27.4 Å². The molecule has 0 aliphatic rings. The molecule has 0 aliphatic heterocycles. The van der Waals surface area contributed by atoms with Gasteiger partial charge in [-0.05, 0) is 36.8 Å². The van der Waals surface area contributed by atoms with Crippen molar-refractivity contribution in [3.63, 3.8) is 0 Å². The molecule has 0 heterocycles. The molecule has 0 aromatic heterocycles. The average molecular weight is 405 g/mol. The zero-order chi connectivity index (χ0) is 20.8. The molecule has 29 heavy (non-hydrogen) atoms. The normalized spacial score (nSPS) is 11.2. The minimum Gasteiger partial charge on any atom is -0.449 e. The summed E-state index contributed by atoms with van der Waals surface area (Å²) in [4.78, 5) is 25.2. The molecule has 1 N–H and O–H groups in total. The van der Waals surface area contributed by atoms with Gasteiger partial charge in [0.15, 0.2) is 6.10 Å². The molecule has 3 rings (SSSR count). The van der Waals surface area contributed by atoms with Gasteiger partial charge in [0.05, 0.1) is 27.9 Å². The van der Waals surface area contributed by atoms with Crippen LogP contribution in [0.4, 0.5) is 5.69 Å². The Hall–Kier alpha value is -3.62.